The van der Waals surface area contributed by atoms with Gasteiger partial charge in [-0.1, -0.05) is 11.2 Å². The quantitative estimate of drug-likeness (QED) is 0.273. The highest BCUT2D eigenvalue weighted by atomic mass is 16.5. The molecule has 21 heavy (non-hydrogen) atoms. The van der Waals surface area contributed by atoms with Crippen molar-refractivity contribution in [2.24, 2.45) is 5.11 Å². The van der Waals surface area contributed by atoms with Crippen molar-refractivity contribution in [1.29, 1.82) is 0 Å². The van der Waals surface area contributed by atoms with E-state index in [1.165, 1.54) is 7.11 Å². The van der Waals surface area contributed by atoms with Crippen molar-refractivity contribution in [3.63, 3.8) is 0 Å². The van der Waals surface area contributed by atoms with E-state index in [9.17, 15) is 4.79 Å². The molecule has 1 atom stereocenters. The lowest BCUT2D eigenvalue weighted by Gasteiger charge is -2.17. The number of methoxy groups -OCH3 is 1. The van der Waals surface area contributed by atoms with Crippen LogP contribution in [0, 0.1) is 0 Å². The minimum absolute atomic E-state index is 0.336. The van der Waals surface area contributed by atoms with E-state index in [2.05, 4.69) is 15.3 Å². The van der Waals surface area contributed by atoms with E-state index in [0.29, 0.717) is 26.1 Å². The molecule has 7 nitrogen and oxygen atoms in total. The summed E-state index contributed by atoms with van der Waals surface area (Å²) >= 11 is 0. The summed E-state index contributed by atoms with van der Waals surface area (Å²) in [6.45, 7) is 1.64. The number of esters is 1. The molecule has 0 saturated heterocycles. The first kappa shape index (κ1) is 15.2. The predicted octanol–water partition coefficient (Wildman–Crippen LogP) is 2.13. The zero-order valence-electron chi connectivity index (χ0n) is 11.9. The molecule has 0 saturated carbocycles. The maximum Gasteiger partial charge on any atom is 0.327 e. The number of ether oxygens (including phenoxy) is 2. The molecule has 0 amide bonds. The average Bonchev–Trinajstić information content (AvgIpc) is 2.97. The molecule has 0 radical (unpaired) electrons. The predicted molar refractivity (Wildman–Crippen MR) is 77.0 cm³/mol. The Bertz CT molecular complexity index is 555. The molecule has 1 N–H and O–H groups in total. The maximum absolute atomic E-state index is 11.9. The Morgan fingerprint density at radius 2 is 2.48 bits per heavy atom. The third kappa shape index (κ3) is 3.87. The number of rotatable bonds is 7. The van der Waals surface area contributed by atoms with Crippen molar-refractivity contribution >= 4 is 5.97 Å². The number of nitrogens with one attached hydrogen (secondary N) is 1. The Morgan fingerprint density at radius 3 is 3.24 bits per heavy atom. The van der Waals surface area contributed by atoms with Crippen LogP contribution in [0.25, 0.3) is 10.4 Å². The van der Waals surface area contributed by atoms with Gasteiger partial charge < -0.3 is 14.8 Å². The molecule has 112 valence electrons. The fourth-order valence-electron chi connectivity index (χ4n) is 2.28. The molecular weight excluding hydrogens is 272 g/mol. The van der Waals surface area contributed by atoms with Crippen LogP contribution >= 0.6 is 0 Å². The van der Waals surface area contributed by atoms with Crippen molar-refractivity contribution in [1.82, 2.24) is 5.32 Å². The second-order valence-electron chi connectivity index (χ2n) is 4.68. The summed E-state index contributed by atoms with van der Waals surface area (Å²) in [5, 5.41) is 6.60. The van der Waals surface area contributed by atoms with Gasteiger partial charge in [0.25, 0.3) is 0 Å². The molecule has 1 aliphatic heterocycles. The number of hydrogen-bond acceptors (Lipinski definition) is 5. The number of nitrogens with zero attached hydrogens (tertiary/aromatic N) is 3. The summed E-state index contributed by atoms with van der Waals surface area (Å²) in [7, 11) is 1.37. The van der Waals surface area contributed by atoms with E-state index in [4.69, 9.17) is 15.0 Å². The van der Waals surface area contributed by atoms with E-state index < -0.39 is 6.04 Å². The summed E-state index contributed by atoms with van der Waals surface area (Å²) < 4.78 is 10.3. The first-order valence-corrected chi connectivity index (χ1v) is 6.84. The lowest BCUT2D eigenvalue weighted by Crippen LogP contribution is -2.30. The molecule has 0 spiro atoms. The molecule has 0 aliphatic carbocycles. The minimum atomic E-state index is -0.521. The molecular formula is C14H18N4O3. The smallest absolute Gasteiger partial charge is 0.327 e. The Hall–Kier alpha value is -2.24. The second kappa shape index (κ2) is 7.52. The molecule has 2 rings (SSSR count). The van der Waals surface area contributed by atoms with Crippen LogP contribution in [0.2, 0.25) is 0 Å². The van der Waals surface area contributed by atoms with Gasteiger partial charge in [0.05, 0.1) is 13.7 Å². The highest BCUT2D eigenvalue weighted by Gasteiger charge is 2.23. The lowest BCUT2D eigenvalue weighted by atomic mass is 10.0. The molecule has 1 aromatic rings. The highest BCUT2D eigenvalue weighted by molar-refractivity contribution is 5.77. The van der Waals surface area contributed by atoms with Crippen molar-refractivity contribution in [3.8, 4) is 5.75 Å². The van der Waals surface area contributed by atoms with E-state index in [0.717, 1.165) is 23.3 Å². The van der Waals surface area contributed by atoms with E-state index in [1.807, 2.05) is 18.2 Å². The first-order chi connectivity index (χ1) is 10.3. The van der Waals surface area contributed by atoms with E-state index in [1.54, 1.807) is 0 Å². The van der Waals surface area contributed by atoms with Gasteiger partial charge in [-0.2, -0.15) is 0 Å². The van der Waals surface area contributed by atoms with Crippen molar-refractivity contribution < 1.29 is 14.3 Å². The second-order valence-corrected chi connectivity index (χ2v) is 4.68. The van der Waals surface area contributed by atoms with Crippen LogP contribution in [0.15, 0.2) is 23.3 Å². The fraction of sp³-hybridized carbons (Fsp3) is 0.500. The standard InChI is InChI=1S/C14H18N4O3/c1-20-14(19)13(16-6-2-7-17-18-15)11-3-4-12-10(9-11)5-8-21-12/h3-4,9,13,16H,2,5-8H2,1H3. The van der Waals surface area contributed by atoms with Gasteiger partial charge in [0.1, 0.15) is 11.8 Å². The molecule has 1 heterocycles. The summed E-state index contributed by atoms with van der Waals surface area (Å²) in [4.78, 5) is 14.6. The van der Waals surface area contributed by atoms with Gasteiger partial charge in [-0.25, -0.2) is 4.79 Å². The van der Waals surface area contributed by atoms with Gasteiger partial charge in [0.15, 0.2) is 0 Å². The van der Waals surface area contributed by atoms with Gasteiger partial charge in [-0.3, -0.25) is 0 Å². The maximum atomic E-state index is 11.9. The molecule has 1 aliphatic rings. The summed E-state index contributed by atoms with van der Waals surface area (Å²) in [5.41, 5.74) is 10.2. The van der Waals surface area contributed by atoms with E-state index >= 15 is 0 Å². The third-order valence-electron chi connectivity index (χ3n) is 3.33. The van der Waals surface area contributed by atoms with Crippen molar-refractivity contribution in [2.45, 2.75) is 18.9 Å². The number of carbonyl (C=O) groups is 1. The largest absolute Gasteiger partial charge is 0.493 e. The molecule has 1 unspecified atom stereocenters. The Morgan fingerprint density at radius 1 is 1.62 bits per heavy atom. The highest BCUT2D eigenvalue weighted by Crippen LogP contribution is 2.28. The fourth-order valence-corrected chi connectivity index (χ4v) is 2.28. The Labute approximate surface area is 122 Å². The topological polar surface area (TPSA) is 96.3 Å². The Kier molecular flexibility index (Phi) is 5.43. The number of azide groups is 1. The van der Waals surface area contributed by atoms with E-state index in [-0.39, 0.29) is 5.97 Å². The summed E-state index contributed by atoms with van der Waals surface area (Å²) in [6.07, 6.45) is 1.51. The van der Waals surface area contributed by atoms with Crippen molar-refractivity contribution in [2.75, 3.05) is 26.8 Å². The molecule has 7 heteroatoms. The molecule has 0 aromatic heterocycles. The van der Waals surface area contributed by atoms with Crippen LogP contribution in [0.5, 0.6) is 5.75 Å². The van der Waals surface area contributed by atoms with Gasteiger partial charge in [0, 0.05) is 17.9 Å². The van der Waals surface area contributed by atoms with Crippen LogP contribution in [-0.4, -0.2) is 32.8 Å². The van der Waals surface area contributed by atoms with Gasteiger partial charge in [0.2, 0.25) is 0 Å². The third-order valence-corrected chi connectivity index (χ3v) is 3.33. The summed E-state index contributed by atoms with van der Waals surface area (Å²) in [5.74, 6) is 0.545. The SMILES string of the molecule is COC(=O)C(NCCCN=[N+]=[N-])c1ccc2c(c1)CCO2. The Balaban J connectivity index is 2.05. The lowest BCUT2D eigenvalue weighted by molar-refractivity contribution is -0.143. The van der Waals surface area contributed by atoms with Gasteiger partial charge in [-0.15, -0.1) is 0 Å². The van der Waals surface area contributed by atoms with Crippen LogP contribution in [0.1, 0.15) is 23.6 Å². The van der Waals surface area contributed by atoms with Gasteiger partial charge >= 0.3 is 5.97 Å². The normalized spacial score (nSPS) is 13.8. The van der Waals surface area contributed by atoms with Crippen LogP contribution in [0.3, 0.4) is 0 Å². The molecule has 0 fully saturated rings. The number of benzene rings is 1. The number of carbonyl (C=O) groups excluding carboxylic acids is 1. The summed E-state index contributed by atoms with van der Waals surface area (Å²) in [6, 6.07) is 5.21. The van der Waals surface area contributed by atoms with Crippen LogP contribution in [-0.2, 0) is 16.0 Å². The zero-order valence-corrected chi connectivity index (χ0v) is 11.9. The molecule has 1 aromatic carbocycles. The van der Waals surface area contributed by atoms with Gasteiger partial charge in [-0.05, 0) is 41.8 Å². The monoisotopic (exact) mass is 290 g/mol. The van der Waals surface area contributed by atoms with Crippen LogP contribution < -0.4 is 10.1 Å². The molecule has 0 bridgehead atoms. The minimum Gasteiger partial charge on any atom is -0.493 e. The van der Waals surface area contributed by atoms with Crippen LogP contribution in [0.4, 0.5) is 0 Å². The first-order valence-electron chi connectivity index (χ1n) is 6.84. The zero-order chi connectivity index (χ0) is 15.1. The number of fused-ring (bicyclic) bond motifs is 1. The van der Waals surface area contributed by atoms with Crippen molar-refractivity contribution in [3.05, 3.63) is 39.8 Å². The average molecular weight is 290 g/mol. The number of hydrogen-bond donors (Lipinski definition) is 1.